The van der Waals surface area contributed by atoms with Crippen molar-refractivity contribution >= 4 is 35.3 Å². The van der Waals surface area contributed by atoms with Crippen LogP contribution in [0.5, 0.6) is 0 Å². The lowest BCUT2D eigenvalue weighted by Crippen LogP contribution is -2.43. The number of carbonyl (C=O) groups excluding carboxylic acids is 4. The SMILES string of the molecule is NC1CC(=O)NCNC(=O)CC(C(=O)S)CNCC1=O. The quantitative estimate of drug-likeness (QED) is 0.341. The van der Waals surface area contributed by atoms with E-state index in [1.807, 2.05) is 0 Å². The molecule has 1 fully saturated rings. The van der Waals surface area contributed by atoms with E-state index in [-0.39, 0.29) is 44.3 Å². The molecule has 20 heavy (non-hydrogen) atoms. The van der Waals surface area contributed by atoms with E-state index < -0.39 is 23.0 Å². The molecule has 1 rings (SSSR count). The van der Waals surface area contributed by atoms with Gasteiger partial charge in [-0.25, -0.2) is 0 Å². The summed E-state index contributed by atoms with van der Waals surface area (Å²) in [4.78, 5) is 45.9. The summed E-state index contributed by atoms with van der Waals surface area (Å²) in [6.07, 6.45) is -0.212. The van der Waals surface area contributed by atoms with Gasteiger partial charge in [0, 0.05) is 25.3 Å². The minimum atomic E-state index is -0.913. The molecule has 0 bridgehead atoms. The van der Waals surface area contributed by atoms with E-state index in [9.17, 15) is 19.2 Å². The molecule has 112 valence electrons. The Morgan fingerprint density at radius 1 is 1.15 bits per heavy atom. The zero-order valence-electron chi connectivity index (χ0n) is 10.8. The third-order valence-corrected chi connectivity index (χ3v) is 3.23. The van der Waals surface area contributed by atoms with Crippen LogP contribution in [0.2, 0.25) is 0 Å². The van der Waals surface area contributed by atoms with Gasteiger partial charge >= 0.3 is 0 Å². The van der Waals surface area contributed by atoms with Crippen molar-refractivity contribution in [1.82, 2.24) is 16.0 Å². The molecule has 0 radical (unpaired) electrons. The summed E-state index contributed by atoms with van der Waals surface area (Å²) in [5.74, 6) is -1.77. The number of thiol groups is 1. The summed E-state index contributed by atoms with van der Waals surface area (Å²) in [7, 11) is 0. The topological polar surface area (TPSA) is 130 Å². The van der Waals surface area contributed by atoms with Crippen LogP contribution in [0.15, 0.2) is 0 Å². The molecule has 0 aromatic carbocycles. The molecule has 1 aliphatic rings. The zero-order chi connectivity index (χ0) is 15.1. The van der Waals surface area contributed by atoms with Gasteiger partial charge in [0.1, 0.15) is 0 Å². The first-order valence-electron chi connectivity index (χ1n) is 6.15. The number of rotatable bonds is 1. The van der Waals surface area contributed by atoms with Gasteiger partial charge in [0.2, 0.25) is 11.8 Å². The summed E-state index contributed by atoms with van der Waals surface area (Å²) < 4.78 is 0. The Balaban J connectivity index is 2.70. The van der Waals surface area contributed by atoms with Crippen molar-refractivity contribution in [3.05, 3.63) is 0 Å². The van der Waals surface area contributed by atoms with Gasteiger partial charge in [-0.15, -0.1) is 12.6 Å². The van der Waals surface area contributed by atoms with Crippen molar-refractivity contribution in [2.24, 2.45) is 11.7 Å². The molecule has 9 heteroatoms. The van der Waals surface area contributed by atoms with Crippen LogP contribution in [0.25, 0.3) is 0 Å². The fourth-order valence-electron chi connectivity index (χ4n) is 1.67. The van der Waals surface area contributed by atoms with Crippen molar-refractivity contribution in [2.75, 3.05) is 19.8 Å². The first kappa shape index (κ1) is 16.6. The fourth-order valence-corrected chi connectivity index (χ4v) is 1.85. The molecule has 5 N–H and O–H groups in total. The molecule has 0 aliphatic carbocycles. The molecule has 0 spiro atoms. The molecule has 1 heterocycles. The number of hydrogen-bond donors (Lipinski definition) is 5. The van der Waals surface area contributed by atoms with E-state index in [0.717, 1.165) is 0 Å². The van der Waals surface area contributed by atoms with Gasteiger partial charge in [0.25, 0.3) is 0 Å². The standard InChI is InChI=1S/C11H18N4O4S/c12-7-2-10(18)15-5-14-9(17)1-6(11(19)20)3-13-4-8(7)16/h6-7,13H,1-5,12H2,(H,14,17)(H,15,18)(H,19,20). The van der Waals surface area contributed by atoms with Crippen molar-refractivity contribution in [1.29, 1.82) is 0 Å². The van der Waals surface area contributed by atoms with Gasteiger partial charge in [-0.3, -0.25) is 19.2 Å². The Morgan fingerprint density at radius 2 is 1.75 bits per heavy atom. The van der Waals surface area contributed by atoms with Crippen LogP contribution < -0.4 is 21.7 Å². The first-order valence-corrected chi connectivity index (χ1v) is 6.60. The smallest absolute Gasteiger partial charge is 0.223 e. The Hall–Kier alpha value is -1.45. The Morgan fingerprint density at radius 3 is 2.35 bits per heavy atom. The first-order chi connectivity index (χ1) is 9.40. The van der Waals surface area contributed by atoms with Crippen LogP contribution >= 0.6 is 12.6 Å². The summed E-state index contributed by atoms with van der Waals surface area (Å²) in [5.41, 5.74) is 5.59. The number of nitrogens with one attached hydrogen (secondary N) is 3. The maximum atomic E-state index is 11.6. The average Bonchev–Trinajstić information content (AvgIpc) is 2.36. The predicted octanol–water partition coefficient (Wildman–Crippen LogP) is -2.47. The Bertz CT molecular complexity index is 415. The summed E-state index contributed by atoms with van der Waals surface area (Å²) >= 11 is 3.71. The molecule has 0 aromatic heterocycles. The number of carbonyl (C=O) groups is 4. The van der Waals surface area contributed by atoms with E-state index in [1.54, 1.807) is 0 Å². The minimum absolute atomic E-state index is 0.0619. The van der Waals surface area contributed by atoms with Crippen LogP contribution in [-0.2, 0) is 19.2 Å². The molecule has 2 atom stereocenters. The summed E-state index contributed by atoms with van der Waals surface area (Å²) in [6, 6.07) is -0.913. The van der Waals surface area contributed by atoms with E-state index >= 15 is 0 Å². The van der Waals surface area contributed by atoms with E-state index in [4.69, 9.17) is 5.73 Å². The van der Waals surface area contributed by atoms with Crippen LogP contribution in [0.4, 0.5) is 0 Å². The number of amides is 2. The minimum Gasteiger partial charge on any atom is -0.339 e. The van der Waals surface area contributed by atoms with Crippen molar-refractivity contribution in [3.8, 4) is 0 Å². The summed E-state index contributed by atoms with van der Waals surface area (Å²) in [5, 5.41) is 7.19. The lowest BCUT2D eigenvalue weighted by molar-refractivity contribution is -0.127. The van der Waals surface area contributed by atoms with Gasteiger partial charge < -0.3 is 21.7 Å². The Kier molecular flexibility index (Phi) is 6.62. The molecular formula is C11H18N4O4S. The van der Waals surface area contributed by atoms with E-state index in [0.29, 0.717) is 0 Å². The van der Waals surface area contributed by atoms with Crippen molar-refractivity contribution < 1.29 is 19.2 Å². The highest BCUT2D eigenvalue weighted by atomic mass is 32.1. The van der Waals surface area contributed by atoms with Crippen LogP contribution in [0.3, 0.4) is 0 Å². The lowest BCUT2D eigenvalue weighted by atomic mass is 10.1. The van der Waals surface area contributed by atoms with Gasteiger partial charge in [-0.2, -0.15) is 0 Å². The van der Waals surface area contributed by atoms with Gasteiger partial charge in [-0.05, 0) is 0 Å². The largest absolute Gasteiger partial charge is 0.339 e. The number of hydrogen-bond acceptors (Lipinski definition) is 6. The van der Waals surface area contributed by atoms with Crippen LogP contribution in [0, 0.1) is 5.92 Å². The Labute approximate surface area is 121 Å². The van der Waals surface area contributed by atoms with Crippen LogP contribution in [0.1, 0.15) is 12.8 Å². The normalized spacial score (nSPS) is 26.6. The van der Waals surface area contributed by atoms with Gasteiger partial charge in [0.15, 0.2) is 10.9 Å². The third-order valence-electron chi connectivity index (χ3n) is 2.86. The predicted molar refractivity (Wildman–Crippen MR) is 73.7 cm³/mol. The average molecular weight is 302 g/mol. The highest BCUT2D eigenvalue weighted by molar-refractivity contribution is 7.96. The maximum absolute atomic E-state index is 11.6. The molecule has 2 unspecified atom stereocenters. The second-order valence-electron chi connectivity index (χ2n) is 4.52. The molecule has 0 saturated carbocycles. The van der Waals surface area contributed by atoms with Crippen molar-refractivity contribution in [2.45, 2.75) is 18.9 Å². The second-order valence-corrected chi connectivity index (χ2v) is 4.96. The highest BCUT2D eigenvalue weighted by Gasteiger charge is 2.22. The molecular weight excluding hydrogens is 284 g/mol. The fraction of sp³-hybridized carbons (Fsp3) is 0.636. The third kappa shape index (κ3) is 5.68. The molecule has 1 aliphatic heterocycles. The number of Topliss-reactive ketones (excluding diaryl/α,β-unsaturated/α-hetero) is 1. The maximum Gasteiger partial charge on any atom is 0.223 e. The van der Waals surface area contributed by atoms with Crippen LogP contribution in [-0.4, -0.2) is 48.5 Å². The van der Waals surface area contributed by atoms with Gasteiger partial charge in [-0.1, -0.05) is 0 Å². The number of ketones is 1. The lowest BCUT2D eigenvalue weighted by Gasteiger charge is -2.13. The highest BCUT2D eigenvalue weighted by Crippen LogP contribution is 2.06. The van der Waals surface area contributed by atoms with Gasteiger partial charge in [0.05, 0.1) is 19.3 Å². The van der Waals surface area contributed by atoms with E-state index in [1.165, 1.54) is 0 Å². The van der Waals surface area contributed by atoms with Crippen molar-refractivity contribution in [3.63, 3.8) is 0 Å². The zero-order valence-corrected chi connectivity index (χ0v) is 11.7. The molecule has 8 nitrogen and oxygen atoms in total. The molecule has 0 aromatic rings. The van der Waals surface area contributed by atoms with E-state index in [2.05, 4.69) is 28.6 Å². The molecule has 2 amide bonds. The monoisotopic (exact) mass is 302 g/mol. The number of nitrogens with two attached hydrogens (primary N) is 1. The second kappa shape index (κ2) is 7.98. The summed E-state index contributed by atoms with van der Waals surface area (Å²) in [6.45, 7) is 0.0166. The molecule has 1 saturated heterocycles.